The van der Waals surface area contributed by atoms with Crippen LogP contribution in [0.25, 0.3) is 0 Å². The molecule has 0 radical (unpaired) electrons. The zero-order valence-electron chi connectivity index (χ0n) is 14.1. The van der Waals surface area contributed by atoms with Gasteiger partial charge < -0.3 is 14.2 Å². The highest BCUT2D eigenvalue weighted by atomic mass is 16.5. The Morgan fingerprint density at radius 1 is 0.850 bits per heavy atom. The lowest BCUT2D eigenvalue weighted by Crippen LogP contribution is -2.18. The number of hydrogen-bond acceptors (Lipinski definition) is 3. The highest BCUT2D eigenvalue weighted by molar-refractivity contribution is 5.53. The van der Waals surface area contributed by atoms with Crippen molar-refractivity contribution in [3.05, 3.63) is 17.7 Å². The van der Waals surface area contributed by atoms with Crippen LogP contribution in [-0.2, 0) is 5.41 Å². The maximum absolute atomic E-state index is 5.86. The van der Waals surface area contributed by atoms with E-state index < -0.39 is 0 Å². The van der Waals surface area contributed by atoms with Gasteiger partial charge in [-0.05, 0) is 10.8 Å². The van der Waals surface area contributed by atoms with Crippen molar-refractivity contribution < 1.29 is 14.2 Å². The fourth-order valence-corrected chi connectivity index (χ4v) is 2.01. The van der Waals surface area contributed by atoms with Crippen LogP contribution in [0.15, 0.2) is 12.1 Å². The first-order valence-electron chi connectivity index (χ1n) is 6.98. The fourth-order valence-electron chi connectivity index (χ4n) is 2.01. The quantitative estimate of drug-likeness (QED) is 0.816. The molecule has 0 aliphatic heterocycles. The van der Waals surface area contributed by atoms with E-state index >= 15 is 0 Å². The summed E-state index contributed by atoms with van der Waals surface area (Å²) < 4.78 is 16.9. The van der Waals surface area contributed by atoms with Crippen LogP contribution < -0.4 is 14.2 Å². The van der Waals surface area contributed by atoms with E-state index in [1.807, 2.05) is 12.1 Å². The van der Waals surface area contributed by atoms with Crippen molar-refractivity contribution in [2.45, 2.75) is 47.0 Å². The lowest BCUT2D eigenvalue weighted by Gasteiger charge is -2.26. The van der Waals surface area contributed by atoms with E-state index in [2.05, 4.69) is 41.5 Å². The maximum Gasteiger partial charge on any atom is 0.129 e. The largest absolute Gasteiger partial charge is 0.496 e. The lowest BCUT2D eigenvalue weighted by molar-refractivity contribution is 0.196. The fraction of sp³-hybridized carbons (Fsp3) is 0.647. The third kappa shape index (κ3) is 4.32. The Bertz CT molecular complexity index is 425. The van der Waals surface area contributed by atoms with Crippen LogP contribution in [0.5, 0.6) is 17.2 Å². The second-order valence-electron chi connectivity index (χ2n) is 7.30. The molecule has 0 fully saturated rings. The summed E-state index contributed by atoms with van der Waals surface area (Å²) in [7, 11) is 3.36. The smallest absolute Gasteiger partial charge is 0.129 e. The first kappa shape index (κ1) is 16.7. The second-order valence-corrected chi connectivity index (χ2v) is 7.30. The van der Waals surface area contributed by atoms with E-state index in [1.165, 1.54) is 0 Å². The third-order valence-corrected chi connectivity index (χ3v) is 2.90. The van der Waals surface area contributed by atoms with Crippen LogP contribution in [-0.4, -0.2) is 20.8 Å². The molecule has 0 N–H and O–H groups in total. The van der Waals surface area contributed by atoms with Gasteiger partial charge in [0.15, 0.2) is 0 Å². The van der Waals surface area contributed by atoms with E-state index in [9.17, 15) is 0 Å². The molecule has 0 amide bonds. The average molecular weight is 280 g/mol. The molecule has 0 atom stereocenters. The molecule has 0 aliphatic rings. The van der Waals surface area contributed by atoms with Gasteiger partial charge in [-0.1, -0.05) is 41.5 Å². The van der Waals surface area contributed by atoms with Crippen LogP contribution in [0.1, 0.15) is 47.1 Å². The molecule has 0 aromatic heterocycles. The van der Waals surface area contributed by atoms with E-state index in [-0.39, 0.29) is 10.8 Å². The first-order chi connectivity index (χ1) is 9.08. The highest BCUT2D eigenvalue weighted by Gasteiger charge is 2.25. The van der Waals surface area contributed by atoms with Crippen molar-refractivity contribution in [2.24, 2.45) is 5.41 Å². The van der Waals surface area contributed by atoms with Crippen molar-refractivity contribution in [3.63, 3.8) is 0 Å². The molecule has 1 aromatic carbocycles. The van der Waals surface area contributed by atoms with Gasteiger partial charge in [-0.25, -0.2) is 0 Å². The molecule has 0 aliphatic carbocycles. The summed E-state index contributed by atoms with van der Waals surface area (Å²) >= 11 is 0. The zero-order valence-corrected chi connectivity index (χ0v) is 14.1. The summed E-state index contributed by atoms with van der Waals surface area (Å²) in [4.78, 5) is 0. The van der Waals surface area contributed by atoms with Gasteiger partial charge in [0, 0.05) is 17.7 Å². The monoisotopic (exact) mass is 280 g/mol. The summed E-state index contributed by atoms with van der Waals surface area (Å²) in [5.74, 6) is 2.39. The Labute approximate surface area is 123 Å². The van der Waals surface area contributed by atoms with E-state index in [0.29, 0.717) is 6.61 Å². The maximum atomic E-state index is 5.86. The summed E-state index contributed by atoms with van der Waals surface area (Å²) in [5.41, 5.74) is 1.12. The first-order valence-corrected chi connectivity index (χ1v) is 6.98. The minimum absolute atomic E-state index is 0.0563. The van der Waals surface area contributed by atoms with Gasteiger partial charge in [-0.2, -0.15) is 0 Å². The molecule has 0 bridgehead atoms. The van der Waals surface area contributed by atoms with Gasteiger partial charge in [0.25, 0.3) is 0 Å². The van der Waals surface area contributed by atoms with Crippen molar-refractivity contribution in [1.29, 1.82) is 0 Å². The van der Waals surface area contributed by atoms with Gasteiger partial charge in [0.1, 0.15) is 17.2 Å². The number of rotatable bonds is 4. The standard InChI is InChI=1S/C17H28O3/c1-16(2,3)11-20-12-9-13(18-7)15(17(4,5)6)14(10-12)19-8/h9-10H,11H2,1-8H3. The van der Waals surface area contributed by atoms with Crippen molar-refractivity contribution in [3.8, 4) is 17.2 Å². The Morgan fingerprint density at radius 3 is 1.60 bits per heavy atom. The lowest BCUT2D eigenvalue weighted by atomic mass is 9.85. The molecule has 3 heteroatoms. The van der Waals surface area contributed by atoms with Gasteiger partial charge in [-0.3, -0.25) is 0 Å². The topological polar surface area (TPSA) is 27.7 Å². The van der Waals surface area contributed by atoms with E-state index in [4.69, 9.17) is 14.2 Å². The molecular weight excluding hydrogens is 252 g/mol. The molecule has 3 nitrogen and oxygen atoms in total. The Morgan fingerprint density at radius 2 is 1.30 bits per heavy atom. The molecule has 1 aromatic rings. The van der Waals surface area contributed by atoms with E-state index in [1.54, 1.807) is 14.2 Å². The number of hydrogen-bond donors (Lipinski definition) is 0. The molecular formula is C17H28O3. The molecule has 0 heterocycles. The molecule has 0 saturated carbocycles. The summed E-state index contributed by atoms with van der Waals surface area (Å²) in [6, 6.07) is 3.88. The molecule has 1 rings (SSSR count). The van der Waals surface area contributed by atoms with Gasteiger partial charge in [0.05, 0.1) is 20.8 Å². The van der Waals surface area contributed by atoms with Crippen LogP contribution in [0, 0.1) is 5.41 Å². The SMILES string of the molecule is COc1cc(OCC(C)(C)C)cc(OC)c1C(C)(C)C. The number of methoxy groups -OCH3 is 2. The van der Waals surface area contributed by atoms with Crippen LogP contribution in [0.4, 0.5) is 0 Å². The van der Waals surface area contributed by atoms with Crippen molar-refractivity contribution in [1.82, 2.24) is 0 Å². The molecule has 20 heavy (non-hydrogen) atoms. The molecule has 0 saturated heterocycles. The minimum Gasteiger partial charge on any atom is -0.496 e. The van der Waals surface area contributed by atoms with Crippen molar-refractivity contribution >= 4 is 0 Å². The van der Waals surface area contributed by atoms with Crippen molar-refractivity contribution in [2.75, 3.05) is 20.8 Å². The number of ether oxygens (including phenoxy) is 3. The Hall–Kier alpha value is -1.38. The van der Waals surface area contributed by atoms with Crippen LogP contribution in [0.3, 0.4) is 0 Å². The molecule has 0 unspecified atom stereocenters. The average Bonchev–Trinajstić information content (AvgIpc) is 2.32. The summed E-state index contributed by atoms with van der Waals surface area (Å²) in [6.45, 7) is 13.5. The predicted molar refractivity (Wildman–Crippen MR) is 83.2 cm³/mol. The number of benzene rings is 1. The summed E-state index contributed by atoms with van der Waals surface area (Å²) in [6.07, 6.45) is 0. The predicted octanol–water partition coefficient (Wildman–Crippen LogP) is 4.43. The van der Waals surface area contributed by atoms with Crippen LogP contribution >= 0.6 is 0 Å². The van der Waals surface area contributed by atoms with Gasteiger partial charge in [-0.15, -0.1) is 0 Å². The normalized spacial score (nSPS) is 12.2. The zero-order chi connectivity index (χ0) is 15.6. The summed E-state index contributed by atoms with van der Waals surface area (Å²) in [5, 5.41) is 0. The minimum atomic E-state index is -0.0563. The third-order valence-electron chi connectivity index (χ3n) is 2.90. The van der Waals surface area contributed by atoms with Crippen LogP contribution in [0.2, 0.25) is 0 Å². The molecule has 114 valence electrons. The van der Waals surface area contributed by atoms with Gasteiger partial charge >= 0.3 is 0 Å². The van der Waals surface area contributed by atoms with Gasteiger partial charge in [0.2, 0.25) is 0 Å². The highest BCUT2D eigenvalue weighted by Crippen LogP contribution is 2.42. The Kier molecular flexibility index (Phi) is 4.95. The Balaban J connectivity index is 3.20. The molecule has 0 spiro atoms. The van der Waals surface area contributed by atoms with E-state index in [0.717, 1.165) is 22.8 Å². The second kappa shape index (κ2) is 5.94.